The molecule has 1 saturated carbocycles. The summed E-state index contributed by atoms with van der Waals surface area (Å²) in [5.74, 6) is -0.808. The topological polar surface area (TPSA) is 122 Å². The Kier molecular flexibility index (Phi) is 7.69. The smallest absolute Gasteiger partial charge is 0.251 e. The Hall–Kier alpha value is -3.72. The first kappa shape index (κ1) is 25.4. The fraction of sp³-hybridized carbons (Fsp3) is 0.308. The number of carbonyl (C=O) groups excluding carboxylic acids is 2. The van der Waals surface area contributed by atoms with Gasteiger partial charge in [-0.1, -0.05) is 36.6 Å². The number of rotatable bonds is 7. The van der Waals surface area contributed by atoms with Gasteiger partial charge in [-0.05, 0) is 60.7 Å². The number of anilines is 3. The number of aromatic nitrogens is 2. The quantitative estimate of drug-likeness (QED) is 0.362. The minimum atomic E-state index is -0.486. The van der Waals surface area contributed by atoms with Crippen molar-refractivity contribution in [3.8, 4) is 11.1 Å². The van der Waals surface area contributed by atoms with Crippen LogP contribution in [0.1, 0.15) is 41.6 Å². The van der Waals surface area contributed by atoms with Crippen LogP contribution in [0.25, 0.3) is 11.1 Å². The molecule has 1 aliphatic rings. The van der Waals surface area contributed by atoms with Crippen LogP contribution in [0.5, 0.6) is 0 Å². The number of hydrogen-bond donors (Lipinski definition) is 4. The monoisotopic (exact) mass is 510 g/mol. The number of nitrogens with zero attached hydrogens (tertiary/aromatic N) is 2. The number of hydrogen-bond acceptors (Lipinski definition) is 6. The van der Waals surface area contributed by atoms with E-state index in [1.165, 1.54) is 12.3 Å². The van der Waals surface area contributed by atoms with Crippen molar-refractivity contribution >= 4 is 40.9 Å². The van der Waals surface area contributed by atoms with Crippen LogP contribution in [-0.4, -0.2) is 34.9 Å². The number of amides is 2. The van der Waals surface area contributed by atoms with E-state index in [-0.39, 0.29) is 35.4 Å². The number of halogens is 2. The molecule has 1 fully saturated rings. The van der Waals surface area contributed by atoms with Gasteiger partial charge in [-0.2, -0.15) is 4.98 Å². The van der Waals surface area contributed by atoms with Gasteiger partial charge in [-0.3, -0.25) is 9.59 Å². The SMILES string of the molecule is CNC(=O)c1ccc(-c2cc(F)c(Nc3ncc(Cl)c(N[C@H]4CCCC[C@@H]4C(N)=O)n3)cc2C)cc1. The number of carbonyl (C=O) groups is 2. The van der Waals surface area contributed by atoms with Gasteiger partial charge in [-0.25, -0.2) is 9.37 Å². The first-order chi connectivity index (χ1) is 17.3. The molecule has 2 amide bonds. The van der Waals surface area contributed by atoms with E-state index in [2.05, 4.69) is 25.9 Å². The second-order valence-electron chi connectivity index (χ2n) is 8.86. The van der Waals surface area contributed by atoms with Crippen molar-refractivity contribution in [1.82, 2.24) is 15.3 Å². The summed E-state index contributed by atoms with van der Waals surface area (Å²) < 4.78 is 15.1. The standard InChI is InChI=1S/C26H28ClFN6O2/c1-14-11-22(20(28)12-18(14)15-7-9-16(10-8-15)25(36)30-2)33-26-31-13-19(27)24(34-26)32-21-6-4-3-5-17(21)23(29)35/h7-13,17,21H,3-6H2,1-2H3,(H2,29,35)(H,30,36)(H2,31,32,33,34)/t17-,21-/m0/s1. The number of nitrogens with one attached hydrogen (secondary N) is 3. The van der Waals surface area contributed by atoms with Gasteiger partial charge in [0, 0.05) is 18.7 Å². The summed E-state index contributed by atoms with van der Waals surface area (Å²) in [6.45, 7) is 1.87. The average molecular weight is 511 g/mol. The highest BCUT2D eigenvalue weighted by molar-refractivity contribution is 6.32. The van der Waals surface area contributed by atoms with Crippen LogP contribution in [0.3, 0.4) is 0 Å². The van der Waals surface area contributed by atoms with E-state index in [9.17, 15) is 9.59 Å². The van der Waals surface area contributed by atoms with Gasteiger partial charge >= 0.3 is 0 Å². The second-order valence-corrected chi connectivity index (χ2v) is 9.27. The van der Waals surface area contributed by atoms with E-state index in [0.29, 0.717) is 28.4 Å². The van der Waals surface area contributed by atoms with Crippen LogP contribution in [0, 0.1) is 18.7 Å². The Morgan fingerprint density at radius 2 is 1.86 bits per heavy atom. The fourth-order valence-corrected chi connectivity index (χ4v) is 4.65. The van der Waals surface area contributed by atoms with Gasteiger partial charge in [0.15, 0.2) is 5.82 Å². The van der Waals surface area contributed by atoms with E-state index in [0.717, 1.165) is 30.4 Å². The van der Waals surface area contributed by atoms with Crippen LogP contribution in [0.2, 0.25) is 5.02 Å². The zero-order valence-electron chi connectivity index (χ0n) is 20.1. The van der Waals surface area contributed by atoms with Gasteiger partial charge < -0.3 is 21.7 Å². The van der Waals surface area contributed by atoms with E-state index >= 15 is 4.39 Å². The third kappa shape index (κ3) is 5.57. The highest BCUT2D eigenvalue weighted by Gasteiger charge is 2.30. The van der Waals surface area contributed by atoms with Crippen molar-refractivity contribution in [3.63, 3.8) is 0 Å². The van der Waals surface area contributed by atoms with Crippen molar-refractivity contribution in [1.29, 1.82) is 0 Å². The van der Waals surface area contributed by atoms with E-state index < -0.39 is 5.82 Å². The predicted molar refractivity (Wildman–Crippen MR) is 139 cm³/mol. The lowest BCUT2D eigenvalue weighted by atomic mass is 9.84. The van der Waals surface area contributed by atoms with Gasteiger partial charge in [0.2, 0.25) is 11.9 Å². The molecule has 0 spiro atoms. The molecule has 36 heavy (non-hydrogen) atoms. The molecule has 5 N–H and O–H groups in total. The summed E-state index contributed by atoms with van der Waals surface area (Å²) in [6, 6.07) is 9.89. The van der Waals surface area contributed by atoms with Crippen molar-refractivity contribution in [2.24, 2.45) is 11.7 Å². The van der Waals surface area contributed by atoms with Crippen molar-refractivity contribution in [2.75, 3.05) is 17.7 Å². The van der Waals surface area contributed by atoms with Crippen LogP contribution >= 0.6 is 11.6 Å². The first-order valence-electron chi connectivity index (χ1n) is 11.7. The molecule has 0 unspecified atom stereocenters. The lowest BCUT2D eigenvalue weighted by Crippen LogP contribution is -2.40. The summed E-state index contributed by atoms with van der Waals surface area (Å²) in [4.78, 5) is 32.2. The maximum Gasteiger partial charge on any atom is 0.251 e. The molecule has 3 aromatic rings. The molecule has 188 valence electrons. The molecular formula is C26H28ClFN6O2. The molecule has 10 heteroatoms. The van der Waals surface area contributed by atoms with E-state index in [1.807, 2.05) is 6.92 Å². The molecule has 1 aromatic heterocycles. The van der Waals surface area contributed by atoms with Crippen LogP contribution in [0.4, 0.5) is 21.8 Å². The Balaban J connectivity index is 1.55. The van der Waals surface area contributed by atoms with Gasteiger partial charge in [-0.15, -0.1) is 0 Å². The number of aryl methyl sites for hydroxylation is 1. The summed E-state index contributed by atoms with van der Waals surface area (Å²) in [5.41, 5.74) is 8.63. The molecule has 8 nitrogen and oxygen atoms in total. The zero-order valence-corrected chi connectivity index (χ0v) is 20.8. The summed E-state index contributed by atoms with van der Waals surface area (Å²) >= 11 is 6.30. The predicted octanol–water partition coefficient (Wildman–Crippen LogP) is 4.80. The summed E-state index contributed by atoms with van der Waals surface area (Å²) in [6.07, 6.45) is 4.83. The Morgan fingerprint density at radius 1 is 1.14 bits per heavy atom. The highest BCUT2D eigenvalue weighted by Crippen LogP contribution is 2.32. The largest absolute Gasteiger partial charge is 0.369 e. The van der Waals surface area contributed by atoms with E-state index in [1.54, 1.807) is 37.4 Å². The Bertz CT molecular complexity index is 1280. The molecule has 0 bridgehead atoms. The van der Waals surface area contributed by atoms with Crippen LogP contribution in [-0.2, 0) is 4.79 Å². The lowest BCUT2D eigenvalue weighted by molar-refractivity contribution is -0.122. The minimum absolute atomic E-state index is 0.161. The molecule has 2 atom stereocenters. The number of nitrogens with two attached hydrogens (primary N) is 1. The fourth-order valence-electron chi connectivity index (χ4n) is 4.50. The molecule has 4 rings (SSSR count). The highest BCUT2D eigenvalue weighted by atomic mass is 35.5. The summed E-state index contributed by atoms with van der Waals surface area (Å²) in [7, 11) is 1.57. The van der Waals surface area contributed by atoms with E-state index in [4.69, 9.17) is 17.3 Å². The first-order valence-corrected chi connectivity index (χ1v) is 12.1. The molecular weight excluding hydrogens is 483 g/mol. The normalized spacial score (nSPS) is 17.3. The molecule has 0 saturated heterocycles. The number of benzene rings is 2. The Morgan fingerprint density at radius 3 is 2.56 bits per heavy atom. The van der Waals surface area contributed by atoms with Gasteiger partial charge in [0.05, 0.1) is 17.8 Å². The van der Waals surface area contributed by atoms with Crippen LogP contribution in [0.15, 0.2) is 42.6 Å². The van der Waals surface area contributed by atoms with Crippen molar-refractivity contribution in [3.05, 3.63) is 64.6 Å². The van der Waals surface area contributed by atoms with Gasteiger partial charge in [0.25, 0.3) is 5.91 Å². The Labute approximate surface area is 213 Å². The third-order valence-corrected chi connectivity index (χ3v) is 6.72. The number of primary amides is 1. The van der Waals surface area contributed by atoms with Crippen molar-refractivity contribution < 1.29 is 14.0 Å². The second kappa shape index (κ2) is 10.9. The molecule has 0 radical (unpaired) electrons. The molecule has 0 aliphatic heterocycles. The maximum absolute atomic E-state index is 15.1. The third-order valence-electron chi connectivity index (χ3n) is 6.44. The molecule has 1 heterocycles. The van der Waals surface area contributed by atoms with Crippen LogP contribution < -0.4 is 21.7 Å². The van der Waals surface area contributed by atoms with Crippen molar-refractivity contribution in [2.45, 2.75) is 38.6 Å². The van der Waals surface area contributed by atoms with Gasteiger partial charge in [0.1, 0.15) is 10.8 Å². The lowest BCUT2D eigenvalue weighted by Gasteiger charge is -2.30. The summed E-state index contributed by atoms with van der Waals surface area (Å²) in [5, 5.41) is 9.03. The average Bonchev–Trinajstić information content (AvgIpc) is 2.88. The molecule has 1 aliphatic carbocycles. The maximum atomic E-state index is 15.1. The minimum Gasteiger partial charge on any atom is -0.369 e. The zero-order chi connectivity index (χ0) is 25.8. The molecule has 2 aromatic carbocycles.